The van der Waals surface area contributed by atoms with Gasteiger partial charge in [0.05, 0.1) is 17.8 Å². The zero-order valence-corrected chi connectivity index (χ0v) is 22.0. The quantitative estimate of drug-likeness (QED) is 0.294. The Morgan fingerprint density at radius 1 is 0.943 bits per heavy atom. The molecule has 0 aliphatic carbocycles. The van der Waals surface area contributed by atoms with Crippen molar-refractivity contribution in [2.75, 3.05) is 4.90 Å². The molecule has 1 aliphatic rings. The topological polar surface area (TPSA) is 33.1 Å². The number of aromatic nitrogens is 2. The normalized spacial score (nSPS) is 17.6. The second-order valence-corrected chi connectivity index (χ2v) is 9.86. The Labute approximate surface area is 217 Å². The number of halogens is 1. The summed E-state index contributed by atoms with van der Waals surface area (Å²) in [4.78, 5) is 6.97. The largest absolute Gasteiger partial charge is 0.351 e. The van der Waals surface area contributed by atoms with E-state index in [9.17, 15) is 0 Å². The number of pyridine rings is 1. The van der Waals surface area contributed by atoms with Gasteiger partial charge in [-0.05, 0) is 93.0 Å². The summed E-state index contributed by atoms with van der Waals surface area (Å²) in [5, 5.41) is 5.03. The SMILES string of the molecule is CCc1ccc(N2C(=S)N[C@@H](c3ccccn3)[C@@H]2c2c(C)c(C)n(-c3cccc(Cl)c3)c2C)cc1. The maximum absolute atomic E-state index is 6.37. The Kier molecular flexibility index (Phi) is 6.39. The molecule has 1 saturated heterocycles. The van der Waals surface area contributed by atoms with Crippen molar-refractivity contribution in [1.29, 1.82) is 0 Å². The van der Waals surface area contributed by atoms with Crippen LogP contribution in [0.25, 0.3) is 5.69 Å². The van der Waals surface area contributed by atoms with Gasteiger partial charge >= 0.3 is 0 Å². The minimum atomic E-state index is -0.0819. The van der Waals surface area contributed by atoms with E-state index in [2.05, 4.69) is 78.9 Å². The Hall–Kier alpha value is -3.15. The lowest BCUT2D eigenvalue weighted by Crippen LogP contribution is -2.29. The first-order valence-corrected chi connectivity index (χ1v) is 12.7. The predicted molar refractivity (Wildman–Crippen MR) is 149 cm³/mol. The zero-order valence-electron chi connectivity index (χ0n) is 20.4. The van der Waals surface area contributed by atoms with Crippen molar-refractivity contribution >= 4 is 34.6 Å². The minimum absolute atomic E-state index is 0.0518. The number of benzene rings is 2. The van der Waals surface area contributed by atoms with Crippen molar-refractivity contribution < 1.29 is 0 Å². The van der Waals surface area contributed by atoms with Crippen LogP contribution in [0.4, 0.5) is 5.69 Å². The fourth-order valence-electron chi connectivity index (χ4n) is 5.26. The van der Waals surface area contributed by atoms with Crippen LogP contribution < -0.4 is 10.2 Å². The second-order valence-electron chi connectivity index (χ2n) is 9.04. The number of rotatable bonds is 5. The molecule has 0 bridgehead atoms. The Morgan fingerprint density at radius 3 is 2.37 bits per heavy atom. The van der Waals surface area contributed by atoms with Gasteiger partial charge in [-0.3, -0.25) is 4.98 Å². The first kappa shape index (κ1) is 23.6. The molecule has 5 rings (SSSR count). The average molecular weight is 501 g/mol. The fraction of sp³-hybridized carbons (Fsp3) is 0.241. The number of nitrogens with zero attached hydrogens (tertiary/aromatic N) is 3. The van der Waals surface area contributed by atoms with E-state index in [0.29, 0.717) is 5.11 Å². The molecule has 0 saturated carbocycles. The summed E-state index contributed by atoms with van der Waals surface area (Å²) in [6.45, 7) is 8.73. The lowest BCUT2D eigenvalue weighted by Gasteiger charge is -2.29. The molecule has 2 atom stereocenters. The van der Waals surface area contributed by atoms with Gasteiger partial charge in [0.25, 0.3) is 0 Å². The van der Waals surface area contributed by atoms with Crippen LogP contribution in [0.2, 0.25) is 5.02 Å². The monoisotopic (exact) mass is 500 g/mol. The molecule has 178 valence electrons. The molecule has 0 spiro atoms. The summed E-state index contributed by atoms with van der Waals surface area (Å²) in [7, 11) is 0. The molecule has 1 aliphatic heterocycles. The predicted octanol–water partition coefficient (Wildman–Crippen LogP) is 7.19. The summed E-state index contributed by atoms with van der Waals surface area (Å²) >= 11 is 12.3. The summed E-state index contributed by atoms with van der Waals surface area (Å²) in [6, 6.07) is 22.7. The molecule has 0 unspecified atom stereocenters. The van der Waals surface area contributed by atoms with Gasteiger partial charge in [-0.25, -0.2) is 0 Å². The molecule has 4 nitrogen and oxygen atoms in total. The van der Waals surface area contributed by atoms with Gasteiger partial charge in [-0.1, -0.05) is 42.8 Å². The van der Waals surface area contributed by atoms with E-state index in [1.54, 1.807) is 0 Å². The van der Waals surface area contributed by atoms with Crippen LogP contribution in [-0.2, 0) is 6.42 Å². The first-order valence-electron chi connectivity index (χ1n) is 11.9. The van der Waals surface area contributed by atoms with E-state index in [1.165, 1.54) is 28.1 Å². The van der Waals surface area contributed by atoms with Gasteiger partial charge in [0.2, 0.25) is 0 Å². The summed E-state index contributed by atoms with van der Waals surface area (Å²) < 4.78 is 2.30. The molecule has 1 fully saturated rings. The highest BCUT2D eigenvalue weighted by molar-refractivity contribution is 7.80. The van der Waals surface area contributed by atoms with E-state index in [0.717, 1.165) is 28.5 Å². The van der Waals surface area contributed by atoms with Gasteiger partial charge in [0.15, 0.2) is 5.11 Å². The Balaban J connectivity index is 1.71. The number of anilines is 1. The minimum Gasteiger partial charge on any atom is -0.351 e. The standard InChI is InChI=1S/C29H29ClN4S/c1-5-21-12-14-23(15-13-21)34-28(27(32-29(34)35)25-11-6-7-16-31-25)26-18(2)19(3)33(20(26)4)24-10-8-9-22(30)17-24/h6-17,27-28H,5H2,1-4H3,(H,32,35)/t27-,28-/m0/s1. The van der Waals surface area contributed by atoms with Gasteiger partial charge in [0.1, 0.15) is 0 Å². The van der Waals surface area contributed by atoms with Crippen LogP contribution in [0, 0.1) is 20.8 Å². The first-order chi connectivity index (χ1) is 16.9. The number of hydrogen-bond donors (Lipinski definition) is 1. The smallest absolute Gasteiger partial charge is 0.174 e. The highest BCUT2D eigenvalue weighted by Crippen LogP contribution is 2.45. The summed E-state index contributed by atoms with van der Waals surface area (Å²) in [5.41, 5.74) is 9.28. The third-order valence-electron chi connectivity index (χ3n) is 7.09. The van der Waals surface area contributed by atoms with Crippen LogP contribution in [0.3, 0.4) is 0 Å². The van der Waals surface area contributed by atoms with E-state index >= 15 is 0 Å². The van der Waals surface area contributed by atoms with Crippen molar-refractivity contribution in [2.24, 2.45) is 0 Å². The maximum atomic E-state index is 6.37. The Bertz CT molecular complexity index is 1380. The van der Waals surface area contributed by atoms with Crippen molar-refractivity contribution in [1.82, 2.24) is 14.9 Å². The van der Waals surface area contributed by atoms with E-state index in [4.69, 9.17) is 28.8 Å². The molecule has 1 N–H and O–H groups in total. The molecular weight excluding hydrogens is 472 g/mol. The highest BCUT2D eigenvalue weighted by Gasteiger charge is 2.43. The number of nitrogens with one attached hydrogen (secondary N) is 1. The summed E-state index contributed by atoms with van der Waals surface area (Å²) in [6.07, 6.45) is 2.85. The average Bonchev–Trinajstić information content (AvgIpc) is 3.31. The fourth-order valence-corrected chi connectivity index (χ4v) is 5.79. The summed E-state index contributed by atoms with van der Waals surface area (Å²) in [5.74, 6) is 0. The molecule has 0 amide bonds. The van der Waals surface area contributed by atoms with Crippen LogP contribution in [0.5, 0.6) is 0 Å². The van der Waals surface area contributed by atoms with Gasteiger partial charge < -0.3 is 14.8 Å². The number of thiocarbonyl (C=S) groups is 1. The van der Waals surface area contributed by atoms with Crippen molar-refractivity contribution in [3.8, 4) is 5.69 Å². The second kappa shape index (κ2) is 9.48. The van der Waals surface area contributed by atoms with Crippen molar-refractivity contribution in [3.63, 3.8) is 0 Å². The number of hydrogen-bond acceptors (Lipinski definition) is 2. The third kappa shape index (κ3) is 4.13. The molecule has 2 aromatic heterocycles. The molecule has 6 heteroatoms. The molecule has 35 heavy (non-hydrogen) atoms. The van der Waals surface area contributed by atoms with Crippen LogP contribution >= 0.6 is 23.8 Å². The number of aryl methyl sites for hydroxylation is 1. The van der Waals surface area contributed by atoms with Crippen molar-refractivity contribution in [3.05, 3.63) is 112 Å². The van der Waals surface area contributed by atoms with Gasteiger partial charge in [-0.2, -0.15) is 0 Å². The lowest BCUT2D eigenvalue weighted by molar-refractivity contribution is 0.563. The highest BCUT2D eigenvalue weighted by atomic mass is 35.5. The van der Waals surface area contributed by atoms with Crippen LogP contribution in [-0.4, -0.2) is 14.7 Å². The van der Waals surface area contributed by atoms with Crippen molar-refractivity contribution in [2.45, 2.75) is 46.2 Å². The molecule has 3 heterocycles. The maximum Gasteiger partial charge on any atom is 0.174 e. The molecule has 4 aromatic rings. The van der Waals surface area contributed by atoms with Crippen LogP contribution in [0.15, 0.2) is 72.9 Å². The molecular formula is C29H29ClN4S. The van der Waals surface area contributed by atoms with E-state index < -0.39 is 0 Å². The van der Waals surface area contributed by atoms with E-state index in [1.807, 2.05) is 36.5 Å². The van der Waals surface area contributed by atoms with Crippen LogP contribution in [0.1, 0.15) is 52.8 Å². The molecule has 2 aromatic carbocycles. The lowest BCUT2D eigenvalue weighted by atomic mass is 9.93. The van der Waals surface area contributed by atoms with Gasteiger partial charge in [0, 0.05) is 39.5 Å². The third-order valence-corrected chi connectivity index (χ3v) is 7.64. The Morgan fingerprint density at radius 2 is 1.71 bits per heavy atom. The molecule has 0 radical (unpaired) electrons. The van der Waals surface area contributed by atoms with Gasteiger partial charge in [-0.15, -0.1) is 0 Å². The zero-order chi connectivity index (χ0) is 24.7. The van der Waals surface area contributed by atoms with E-state index in [-0.39, 0.29) is 12.1 Å².